The Kier molecular flexibility index (Phi) is 6.21. The van der Waals surface area contributed by atoms with Gasteiger partial charge in [0.1, 0.15) is 0 Å². The van der Waals surface area contributed by atoms with Crippen molar-refractivity contribution in [2.45, 2.75) is 18.6 Å². The van der Waals surface area contributed by atoms with Gasteiger partial charge >= 0.3 is 5.97 Å². The molecule has 0 radical (unpaired) electrons. The Morgan fingerprint density at radius 1 is 1.47 bits per heavy atom. The molecule has 19 heavy (non-hydrogen) atoms. The van der Waals surface area contributed by atoms with E-state index >= 15 is 0 Å². The second-order valence-electron chi connectivity index (χ2n) is 3.95. The minimum Gasteiger partial charge on any atom is -0.469 e. The van der Waals surface area contributed by atoms with Gasteiger partial charge in [-0.1, -0.05) is 6.07 Å². The number of nitrogens with one attached hydrogen (secondary N) is 1. The molecule has 0 saturated heterocycles. The Bertz CT molecular complexity index is 451. The number of nitrogen functional groups attached to an aromatic ring is 1. The Hall–Kier alpha value is -1.69. The lowest BCUT2D eigenvalue weighted by Crippen LogP contribution is -2.23. The summed E-state index contributed by atoms with van der Waals surface area (Å²) >= 11 is 1.41. The fraction of sp³-hybridized carbons (Fsp3) is 0.385. The van der Waals surface area contributed by atoms with Crippen molar-refractivity contribution in [3.8, 4) is 0 Å². The maximum atomic E-state index is 11.9. The Morgan fingerprint density at radius 3 is 2.84 bits per heavy atom. The maximum absolute atomic E-state index is 11.9. The summed E-state index contributed by atoms with van der Waals surface area (Å²) in [4.78, 5) is 22.8. The van der Waals surface area contributed by atoms with E-state index < -0.39 is 0 Å². The number of carbonyl (C=O) groups is 2. The van der Waals surface area contributed by atoms with Crippen LogP contribution < -0.4 is 11.1 Å². The molecule has 0 aromatic heterocycles. The van der Waals surface area contributed by atoms with Gasteiger partial charge in [0, 0.05) is 17.1 Å². The van der Waals surface area contributed by atoms with Crippen molar-refractivity contribution in [2.24, 2.45) is 0 Å². The average Bonchev–Trinajstić information content (AvgIpc) is 2.38. The minimum absolute atomic E-state index is 0.111. The SMILES string of the molecule is COC(=O)CCSC(C)C(=O)Nc1cccc(N)c1. The van der Waals surface area contributed by atoms with Gasteiger partial charge in [0.15, 0.2) is 0 Å². The van der Waals surface area contributed by atoms with Crippen LogP contribution in [-0.4, -0.2) is 30.0 Å². The molecule has 0 spiro atoms. The van der Waals surface area contributed by atoms with Crippen molar-refractivity contribution >= 4 is 35.0 Å². The van der Waals surface area contributed by atoms with E-state index in [0.29, 0.717) is 23.5 Å². The number of carbonyl (C=O) groups excluding carboxylic acids is 2. The standard InChI is InChI=1S/C13H18N2O3S/c1-9(19-7-6-12(16)18-2)13(17)15-11-5-3-4-10(14)8-11/h3-5,8-9H,6-7,14H2,1-2H3,(H,15,17). The fourth-order valence-electron chi connectivity index (χ4n) is 1.36. The van der Waals surface area contributed by atoms with E-state index in [1.165, 1.54) is 18.9 Å². The van der Waals surface area contributed by atoms with Gasteiger partial charge in [-0.2, -0.15) is 0 Å². The summed E-state index contributed by atoms with van der Waals surface area (Å²) in [5.74, 6) is 0.175. The number of amides is 1. The lowest BCUT2D eigenvalue weighted by molar-refractivity contribution is -0.140. The molecule has 0 bridgehead atoms. The van der Waals surface area contributed by atoms with Gasteiger partial charge in [0.25, 0.3) is 0 Å². The number of rotatable bonds is 6. The quantitative estimate of drug-likeness (QED) is 0.615. The molecule has 1 aromatic carbocycles. The third-order valence-electron chi connectivity index (χ3n) is 2.43. The summed E-state index contributed by atoms with van der Waals surface area (Å²) in [6, 6.07) is 7.01. The number of nitrogens with two attached hydrogens (primary N) is 1. The van der Waals surface area contributed by atoms with Crippen LogP contribution in [0.2, 0.25) is 0 Å². The first-order chi connectivity index (χ1) is 9.02. The molecule has 0 aliphatic heterocycles. The number of hydrogen-bond donors (Lipinski definition) is 2. The van der Waals surface area contributed by atoms with E-state index in [0.717, 1.165) is 0 Å². The molecule has 0 aliphatic rings. The smallest absolute Gasteiger partial charge is 0.306 e. The Labute approximate surface area is 116 Å². The molecule has 6 heteroatoms. The zero-order chi connectivity index (χ0) is 14.3. The molecular weight excluding hydrogens is 264 g/mol. The van der Waals surface area contributed by atoms with Crippen LogP contribution in [0.3, 0.4) is 0 Å². The molecule has 0 aliphatic carbocycles. The van der Waals surface area contributed by atoms with Gasteiger partial charge in [0.05, 0.1) is 18.8 Å². The number of benzene rings is 1. The molecule has 1 atom stereocenters. The van der Waals surface area contributed by atoms with Crippen LogP contribution in [0.1, 0.15) is 13.3 Å². The third kappa shape index (κ3) is 5.65. The van der Waals surface area contributed by atoms with Crippen molar-refractivity contribution in [1.29, 1.82) is 0 Å². The summed E-state index contributed by atoms with van der Waals surface area (Å²) in [7, 11) is 1.35. The first kappa shape index (κ1) is 15.4. The molecule has 0 fully saturated rings. The van der Waals surface area contributed by atoms with Crippen molar-refractivity contribution < 1.29 is 14.3 Å². The monoisotopic (exact) mass is 282 g/mol. The van der Waals surface area contributed by atoms with E-state index in [-0.39, 0.29) is 17.1 Å². The zero-order valence-corrected chi connectivity index (χ0v) is 11.8. The van der Waals surface area contributed by atoms with Gasteiger partial charge in [-0.25, -0.2) is 0 Å². The molecule has 1 rings (SSSR count). The van der Waals surface area contributed by atoms with Crippen LogP contribution >= 0.6 is 11.8 Å². The zero-order valence-electron chi connectivity index (χ0n) is 11.0. The first-order valence-corrected chi connectivity index (χ1v) is 6.92. The number of thioether (sulfide) groups is 1. The molecule has 3 N–H and O–H groups in total. The normalized spacial score (nSPS) is 11.7. The molecule has 1 aromatic rings. The highest BCUT2D eigenvalue weighted by Crippen LogP contribution is 2.16. The van der Waals surface area contributed by atoms with E-state index in [9.17, 15) is 9.59 Å². The number of esters is 1. The summed E-state index contributed by atoms with van der Waals surface area (Å²) in [6.07, 6.45) is 0.303. The van der Waals surface area contributed by atoms with E-state index in [4.69, 9.17) is 5.73 Å². The van der Waals surface area contributed by atoms with Gasteiger partial charge in [-0.3, -0.25) is 9.59 Å². The highest BCUT2D eigenvalue weighted by molar-refractivity contribution is 8.00. The lowest BCUT2D eigenvalue weighted by atomic mass is 10.3. The van der Waals surface area contributed by atoms with E-state index in [1.54, 1.807) is 31.2 Å². The van der Waals surface area contributed by atoms with Crippen LogP contribution in [0.25, 0.3) is 0 Å². The number of anilines is 2. The fourth-order valence-corrected chi connectivity index (χ4v) is 2.21. The molecule has 0 saturated carbocycles. The van der Waals surface area contributed by atoms with Crippen molar-refractivity contribution in [3.05, 3.63) is 24.3 Å². The molecular formula is C13H18N2O3S. The lowest BCUT2D eigenvalue weighted by Gasteiger charge is -2.12. The molecule has 1 amide bonds. The summed E-state index contributed by atoms with van der Waals surface area (Å²) in [6.45, 7) is 1.80. The second-order valence-corrected chi connectivity index (χ2v) is 5.40. The van der Waals surface area contributed by atoms with Crippen LogP contribution in [0.4, 0.5) is 11.4 Å². The Morgan fingerprint density at radius 2 is 2.21 bits per heavy atom. The minimum atomic E-state index is -0.268. The van der Waals surface area contributed by atoms with E-state index in [2.05, 4.69) is 10.1 Å². The summed E-state index contributed by atoms with van der Waals surface area (Å²) in [5, 5.41) is 2.53. The topological polar surface area (TPSA) is 81.4 Å². The molecule has 5 nitrogen and oxygen atoms in total. The first-order valence-electron chi connectivity index (χ1n) is 5.87. The highest BCUT2D eigenvalue weighted by atomic mass is 32.2. The predicted molar refractivity (Wildman–Crippen MR) is 78.0 cm³/mol. The van der Waals surface area contributed by atoms with Crippen molar-refractivity contribution in [3.63, 3.8) is 0 Å². The molecule has 104 valence electrons. The van der Waals surface area contributed by atoms with Crippen LogP contribution in [-0.2, 0) is 14.3 Å². The van der Waals surface area contributed by atoms with Gasteiger partial charge < -0.3 is 15.8 Å². The summed E-state index contributed by atoms with van der Waals surface area (Å²) in [5.41, 5.74) is 6.90. The van der Waals surface area contributed by atoms with Crippen LogP contribution in [0, 0.1) is 0 Å². The number of ether oxygens (including phenoxy) is 1. The van der Waals surface area contributed by atoms with Gasteiger partial charge in [-0.15, -0.1) is 11.8 Å². The summed E-state index contributed by atoms with van der Waals surface area (Å²) < 4.78 is 4.53. The Balaban J connectivity index is 2.38. The third-order valence-corrected chi connectivity index (χ3v) is 3.58. The van der Waals surface area contributed by atoms with Crippen LogP contribution in [0.5, 0.6) is 0 Å². The van der Waals surface area contributed by atoms with Crippen LogP contribution in [0.15, 0.2) is 24.3 Å². The predicted octanol–water partition coefficient (Wildman–Crippen LogP) is 1.89. The largest absolute Gasteiger partial charge is 0.469 e. The van der Waals surface area contributed by atoms with Gasteiger partial charge in [-0.05, 0) is 25.1 Å². The van der Waals surface area contributed by atoms with E-state index in [1.807, 2.05) is 0 Å². The van der Waals surface area contributed by atoms with Gasteiger partial charge in [0.2, 0.25) is 5.91 Å². The maximum Gasteiger partial charge on any atom is 0.306 e. The highest BCUT2D eigenvalue weighted by Gasteiger charge is 2.14. The van der Waals surface area contributed by atoms with Crippen molar-refractivity contribution in [2.75, 3.05) is 23.9 Å². The second kappa shape index (κ2) is 7.68. The number of methoxy groups -OCH3 is 1. The average molecular weight is 282 g/mol. The number of hydrogen-bond acceptors (Lipinski definition) is 5. The van der Waals surface area contributed by atoms with Crippen molar-refractivity contribution in [1.82, 2.24) is 0 Å². The molecule has 1 unspecified atom stereocenters. The molecule has 0 heterocycles.